The molecule has 0 fully saturated rings. The monoisotopic (exact) mass is 306 g/mol. The molecule has 112 valence electrons. The van der Waals surface area contributed by atoms with Gasteiger partial charge in [0.15, 0.2) is 6.61 Å². The van der Waals surface area contributed by atoms with Crippen LogP contribution in [-0.2, 0) is 9.53 Å². The highest BCUT2D eigenvalue weighted by Crippen LogP contribution is 2.07. The van der Waals surface area contributed by atoms with Crippen LogP contribution in [0.15, 0.2) is 24.3 Å². The summed E-state index contributed by atoms with van der Waals surface area (Å²) in [6, 6.07) is 8.12. The summed E-state index contributed by atoms with van der Waals surface area (Å²) in [5, 5.41) is 11.1. The molecule has 0 unspecified atom stereocenters. The number of nitriles is 1. The fraction of sp³-hybridized carbons (Fsp3) is 0.400. The first-order valence-corrected chi connectivity index (χ1v) is 7.88. The molecule has 0 spiro atoms. The molecule has 0 aliphatic rings. The molecule has 0 saturated carbocycles. The lowest BCUT2D eigenvalue weighted by atomic mass is 10.1. The van der Waals surface area contributed by atoms with Gasteiger partial charge in [0.1, 0.15) is 12.1 Å². The highest BCUT2D eigenvalue weighted by molar-refractivity contribution is 7.98. The van der Waals surface area contributed by atoms with Crippen LogP contribution in [0, 0.1) is 18.3 Å². The zero-order valence-corrected chi connectivity index (χ0v) is 12.9. The molecule has 6 heteroatoms. The van der Waals surface area contributed by atoms with Crippen molar-refractivity contribution in [1.82, 2.24) is 5.32 Å². The smallest absolute Gasteiger partial charge is 0.329 e. The van der Waals surface area contributed by atoms with E-state index in [0.717, 1.165) is 5.56 Å². The summed E-state index contributed by atoms with van der Waals surface area (Å²) >= 11 is 1.57. The zero-order chi connectivity index (χ0) is 15.7. The van der Waals surface area contributed by atoms with Crippen LogP contribution >= 0.6 is 11.8 Å². The van der Waals surface area contributed by atoms with Gasteiger partial charge in [-0.15, -0.1) is 0 Å². The van der Waals surface area contributed by atoms with Crippen LogP contribution in [-0.4, -0.2) is 36.5 Å². The molecule has 1 aromatic carbocycles. The number of nitrogens with one attached hydrogen (secondary N) is 1. The van der Waals surface area contributed by atoms with E-state index in [9.17, 15) is 9.59 Å². The largest absolute Gasteiger partial charge is 0.449 e. The number of amides is 1. The van der Waals surface area contributed by atoms with Crippen LogP contribution in [0.1, 0.15) is 22.3 Å². The SMILES string of the molecule is CSCC[C@@H](NC(=O)c1cccc(C)c1)C(=O)OCC#N. The number of nitrogens with zero attached hydrogens (tertiary/aromatic N) is 1. The van der Waals surface area contributed by atoms with E-state index in [4.69, 9.17) is 10.00 Å². The number of esters is 1. The second kappa shape index (κ2) is 9.03. The van der Waals surface area contributed by atoms with Gasteiger partial charge in [0.05, 0.1) is 0 Å². The summed E-state index contributed by atoms with van der Waals surface area (Å²) in [6.45, 7) is 1.58. The van der Waals surface area contributed by atoms with E-state index < -0.39 is 12.0 Å². The van der Waals surface area contributed by atoms with Crippen LogP contribution in [0.4, 0.5) is 0 Å². The van der Waals surface area contributed by atoms with Gasteiger partial charge < -0.3 is 10.1 Å². The third-order valence-electron chi connectivity index (χ3n) is 2.76. The Morgan fingerprint density at radius 1 is 1.48 bits per heavy atom. The number of hydrogen-bond donors (Lipinski definition) is 1. The van der Waals surface area contributed by atoms with E-state index >= 15 is 0 Å². The Labute approximate surface area is 128 Å². The lowest BCUT2D eigenvalue weighted by Gasteiger charge is -2.16. The first-order valence-electron chi connectivity index (χ1n) is 6.48. The maximum absolute atomic E-state index is 12.2. The van der Waals surface area contributed by atoms with E-state index in [1.807, 2.05) is 19.2 Å². The number of carbonyl (C=O) groups is 2. The van der Waals surface area contributed by atoms with Gasteiger partial charge in [0, 0.05) is 5.56 Å². The molecule has 0 aliphatic heterocycles. The van der Waals surface area contributed by atoms with Gasteiger partial charge in [-0.05, 0) is 37.5 Å². The minimum atomic E-state index is -0.737. The number of aryl methyl sites for hydroxylation is 1. The summed E-state index contributed by atoms with van der Waals surface area (Å²) < 4.78 is 4.79. The quantitative estimate of drug-likeness (QED) is 0.778. The lowest BCUT2D eigenvalue weighted by molar-refractivity contribution is -0.144. The van der Waals surface area contributed by atoms with Gasteiger partial charge >= 0.3 is 5.97 Å². The molecular weight excluding hydrogens is 288 g/mol. The van der Waals surface area contributed by atoms with Gasteiger partial charge in [-0.3, -0.25) is 4.79 Å². The highest BCUT2D eigenvalue weighted by atomic mass is 32.2. The van der Waals surface area contributed by atoms with Gasteiger partial charge in [-0.1, -0.05) is 17.7 Å². The van der Waals surface area contributed by atoms with Gasteiger partial charge in [-0.2, -0.15) is 17.0 Å². The van der Waals surface area contributed by atoms with E-state index in [1.165, 1.54) is 0 Å². The Hall–Kier alpha value is -2.00. The minimum absolute atomic E-state index is 0.311. The number of rotatable bonds is 7. The number of thioether (sulfide) groups is 1. The van der Waals surface area contributed by atoms with E-state index in [2.05, 4.69) is 5.32 Å². The Morgan fingerprint density at radius 3 is 2.86 bits per heavy atom. The molecule has 1 atom stereocenters. The fourth-order valence-electron chi connectivity index (χ4n) is 1.72. The molecule has 21 heavy (non-hydrogen) atoms. The molecular formula is C15H18N2O3S. The number of carbonyl (C=O) groups excluding carboxylic acids is 2. The van der Waals surface area contributed by atoms with Crippen LogP contribution in [0.2, 0.25) is 0 Å². The minimum Gasteiger partial charge on any atom is -0.449 e. The second-order valence-corrected chi connectivity index (χ2v) is 5.43. The maximum atomic E-state index is 12.2. The van der Waals surface area contributed by atoms with Crippen molar-refractivity contribution in [1.29, 1.82) is 5.26 Å². The molecule has 0 radical (unpaired) electrons. The molecule has 5 nitrogen and oxygen atoms in total. The zero-order valence-electron chi connectivity index (χ0n) is 12.1. The Bertz CT molecular complexity index is 540. The van der Waals surface area contributed by atoms with Crippen LogP contribution in [0.3, 0.4) is 0 Å². The van der Waals surface area contributed by atoms with E-state index in [1.54, 1.807) is 36.0 Å². The van der Waals surface area contributed by atoms with Crippen LogP contribution in [0.5, 0.6) is 0 Å². The topological polar surface area (TPSA) is 79.2 Å². The van der Waals surface area contributed by atoms with Crippen molar-refractivity contribution in [2.75, 3.05) is 18.6 Å². The summed E-state index contributed by atoms with van der Waals surface area (Å²) in [5.74, 6) is -0.189. The third kappa shape index (κ3) is 5.88. The predicted molar refractivity (Wildman–Crippen MR) is 82.0 cm³/mol. The number of benzene rings is 1. The summed E-state index contributed by atoms with van der Waals surface area (Å²) in [7, 11) is 0. The molecule has 0 aliphatic carbocycles. The third-order valence-corrected chi connectivity index (χ3v) is 3.40. The van der Waals surface area contributed by atoms with Crippen molar-refractivity contribution < 1.29 is 14.3 Å². The second-order valence-electron chi connectivity index (χ2n) is 4.44. The van der Waals surface area contributed by atoms with Crippen molar-refractivity contribution in [3.8, 4) is 6.07 Å². The van der Waals surface area contributed by atoms with Gasteiger partial charge in [0.25, 0.3) is 5.91 Å². The molecule has 1 aromatic rings. The van der Waals surface area contributed by atoms with Gasteiger partial charge in [0.2, 0.25) is 0 Å². The van der Waals surface area contributed by atoms with Crippen molar-refractivity contribution in [3.63, 3.8) is 0 Å². The average molecular weight is 306 g/mol. The standard InChI is InChI=1S/C15H18N2O3S/c1-11-4-3-5-12(10-11)14(18)17-13(6-9-21-2)15(19)20-8-7-16/h3-5,10,13H,6,8-9H2,1-2H3,(H,17,18)/t13-/m1/s1. The molecule has 0 saturated heterocycles. The Balaban J connectivity index is 2.73. The molecule has 1 amide bonds. The van der Waals surface area contributed by atoms with Crippen molar-refractivity contribution >= 4 is 23.6 Å². The lowest BCUT2D eigenvalue weighted by Crippen LogP contribution is -2.42. The number of hydrogen-bond acceptors (Lipinski definition) is 5. The highest BCUT2D eigenvalue weighted by Gasteiger charge is 2.22. The Morgan fingerprint density at radius 2 is 2.24 bits per heavy atom. The average Bonchev–Trinajstić information content (AvgIpc) is 2.48. The summed E-state index contributed by atoms with van der Waals surface area (Å²) in [4.78, 5) is 24.0. The Kier molecular flexibility index (Phi) is 7.33. The molecule has 0 aromatic heterocycles. The van der Waals surface area contributed by atoms with E-state index in [-0.39, 0.29) is 12.5 Å². The first-order chi connectivity index (χ1) is 10.1. The molecule has 1 N–H and O–H groups in total. The van der Waals surface area contributed by atoms with E-state index in [0.29, 0.717) is 17.7 Å². The molecule has 0 bridgehead atoms. The number of ether oxygens (including phenoxy) is 1. The van der Waals surface area contributed by atoms with Crippen molar-refractivity contribution in [2.24, 2.45) is 0 Å². The van der Waals surface area contributed by atoms with Crippen LogP contribution < -0.4 is 5.32 Å². The normalized spacial score (nSPS) is 11.3. The molecule has 1 rings (SSSR count). The predicted octanol–water partition coefficient (Wildman–Crippen LogP) is 1.91. The van der Waals surface area contributed by atoms with Crippen molar-refractivity contribution in [3.05, 3.63) is 35.4 Å². The molecule has 0 heterocycles. The maximum Gasteiger partial charge on any atom is 0.329 e. The summed E-state index contributed by atoms with van der Waals surface area (Å²) in [6.07, 6.45) is 2.38. The van der Waals surface area contributed by atoms with Crippen molar-refractivity contribution in [2.45, 2.75) is 19.4 Å². The first kappa shape index (κ1) is 17.1. The van der Waals surface area contributed by atoms with Crippen LogP contribution in [0.25, 0.3) is 0 Å². The summed E-state index contributed by atoms with van der Waals surface area (Å²) in [5.41, 5.74) is 1.47. The fourth-order valence-corrected chi connectivity index (χ4v) is 2.19. The van der Waals surface area contributed by atoms with Gasteiger partial charge in [-0.25, -0.2) is 4.79 Å².